The van der Waals surface area contributed by atoms with Gasteiger partial charge < -0.3 is 15.7 Å². The minimum atomic E-state index is -0.423. The number of carbonyl (C=O) groups is 1. The summed E-state index contributed by atoms with van der Waals surface area (Å²) < 4.78 is 0. The minimum absolute atomic E-state index is 0.00995. The van der Waals surface area contributed by atoms with Crippen molar-refractivity contribution in [3.63, 3.8) is 0 Å². The average Bonchev–Trinajstić information content (AvgIpc) is 2.35. The highest BCUT2D eigenvalue weighted by molar-refractivity contribution is 5.72. The molecule has 118 valence electrons. The van der Waals surface area contributed by atoms with E-state index >= 15 is 0 Å². The summed E-state index contributed by atoms with van der Waals surface area (Å²) in [7, 11) is 0. The van der Waals surface area contributed by atoms with Gasteiger partial charge in [-0.15, -0.1) is 0 Å². The van der Waals surface area contributed by atoms with Crippen molar-refractivity contribution < 1.29 is 9.90 Å². The molecule has 1 rings (SSSR count). The van der Waals surface area contributed by atoms with Crippen molar-refractivity contribution in [3.8, 4) is 0 Å². The Morgan fingerprint density at radius 1 is 1.14 bits per heavy atom. The second-order valence-electron chi connectivity index (χ2n) is 5.70. The van der Waals surface area contributed by atoms with E-state index in [4.69, 9.17) is 0 Å². The molecule has 0 heterocycles. The first-order valence-corrected chi connectivity index (χ1v) is 7.62. The first kappa shape index (κ1) is 17.7. The SMILES string of the molecule is CC(=O)NCCCNCCC(O)c1c(C)cc(C)cc1C. The molecule has 0 aliphatic rings. The molecule has 0 radical (unpaired) electrons. The molecular formula is C17H28N2O2. The van der Waals surface area contributed by atoms with Gasteiger partial charge in [0.2, 0.25) is 5.91 Å². The van der Waals surface area contributed by atoms with Gasteiger partial charge in [0.15, 0.2) is 0 Å². The summed E-state index contributed by atoms with van der Waals surface area (Å²) in [5.74, 6) is 0.00995. The van der Waals surface area contributed by atoms with Crippen LogP contribution < -0.4 is 10.6 Å². The van der Waals surface area contributed by atoms with Gasteiger partial charge >= 0.3 is 0 Å². The first-order chi connectivity index (χ1) is 9.91. The molecule has 1 aromatic carbocycles. The molecule has 0 fully saturated rings. The van der Waals surface area contributed by atoms with E-state index in [1.54, 1.807) is 0 Å². The van der Waals surface area contributed by atoms with Crippen LogP contribution in [0.3, 0.4) is 0 Å². The third-order valence-corrected chi connectivity index (χ3v) is 3.57. The molecule has 0 aliphatic carbocycles. The lowest BCUT2D eigenvalue weighted by molar-refractivity contribution is -0.118. The maximum atomic E-state index is 10.7. The number of carbonyl (C=O) groups excluding carboxylic acids is 1. The molecule has 3 N–H and O–H groups in total. The van der Waals surface area contributed by atoms with E-state index in [9.17, 15) is 9.90 Å². The van der Waals surface area contributed by atoms with Crippen LogP contribution in [-0.4, -0.2) is 30.6 Å². The maximum absolute atomic E-state index is 10.7. The van der Waals surface area contributed by atoms with Gasteiger partial charge in [0.25, 0.3) is 0 Å². The molecular weight excluding hydrogens is 264 g/mol. The van der Waals surface area contributed by atoms with Gasteiger partial charge in [-0.3, -0.25) is 4.79 Å². The van der Waals surface area contributed by atoms with E-state index in [0.717, 1.165) is 36.2 Å². The monoisotopic (exact) mass is 292 g/mol. The average molecular weight is 292 g/mol. The standard InChI is InChI=1S/C17H28N2O2/c1-12-10-13(2)17(14(3)11-12)16(21)6-9-18-7-5-8-19-15(4)20/h10-11,16,18,21H,5-9H2,1-4H3,(H,19,20). The van der Waals surface area contributed by atoms with Crippen LogP contribution >= 0.6 is 0 Å². The van der Waals surface area contributed by atoms with E-state index in [0.29, 0.717) is 13.0 Å². The number of aliphatic hydroxyl groups excluding tert-OH is 1. The van der Waals surface area contributed by atoms with E-state index in [1.807, 2.05) is 0 Å². The number of aryl methyl sites for hydroxylation is 3. The number of nitrogens with one attached hydrogen (secondary N) is 2. The van der Waals surface area contributed by atoms with Crippen molar-refractivity contribution in [2.45, 2.75) is 46.6 Å². The summed E-state index contributed by atoms with van der Waals surface area (Å²) >= 11 is 0. The zero-order valence-corrected chi connectivity index (χ0v) is 13.6. The Hall–Kier alpha value is -1.39. The van der Waals surface area contributed by atoms with Crippen molar-refractivity contribution in [3.05, 3.63) is 34.4 Å². The number of hydrogen-bond acceptors (Lipinski definition) is 3. The zero-order chi connectivity index (χ0) is 15.8. The predicted molar refractivity (Wildman–Crippen MR) is 86.4 cm³/mol. The number of amides is 1. The topological polar surface area (TPSA) is 61.4 Å². The summed E-state index contributed by atoms with van der Waals surface area (Å²) in [5, 5.41) is 16.4. The lowest BCUT2D eigenvalue weighted by Gasteiger charge is -2.17. The summed E-state index contributed by atoms with van der Waals surface area (Å²) in [6.45, 7) is 10.0. The quantitative estimate of drug-likeness (QED) is 0.643. The fourth-order valence-electron chi connectivity index (χ4n) is 2.70. The fourth-order valence-corrected chi connectivity index (χ4v) is 2.70. The van der Waals surface area contributed by atoms with E-state index in [-0.39, 0.29) is 5.91 Å². The first-order valence-electron chi connectivity index (χ1n) is 7.62. The molecule has 0 bridgehead atoms. The Kier molecular flexibility index (Phi) is 7.40. The Labute approximate surface area is 128 Å². The molecule has 1 unspecified atom stereocenters. The molecule has 1 atom stereocenters. The summed E-state index contributed by atoms with van der Waals surface area (Å²) in [6.07, 6.45) is 1.18. The van der Waals surface area contributed by atoms with Gasteiger partial charge in [-0.05, 0) is 63.4 Å². The number of hydrogen-bond donors (Lipinski definition) is 3. The molecule has 4 nitrogen and oxygen atoms in total. The highest BCUT2D eigenvalue weighted by Gasteiger charge is 2.13. The van der Waals surface area contributed by atoms with Crippen LogP contribution in [0.5, 0.6) is 0 Å². The van der Waals surface area contributed by atoms with Crippen molar-refractivity contribution in [1.82, 2.24) is 10.6 Å². The van der Waals surface area contributed by atoms with Crippen molar-refractivity contribution in [2.75, 3.05) is 19.6 Å². The van der Waals surface area contributed by atoms with Gasteiger partial charge in [-0.2, -0.15) is 0 Å². The van der Waals surface area contributed by atoms with Crippen LogP contribution in [0, 0.1) is 20.8 Å². The number of rotatable bonds is 8. The van der Waals surface area contributed by atoms with Gasteiger partial charge in [0, 0.05) is 13.5 Å². The maximum Gasteiger partial charge on any atom is 0.216 e. The van der Waals surface area contributed by atoms with Crippen LogP contribution in [0.1, 0.15) is 48.1 Å². The van der Waals surface area contributed by atoms with E-state index < -0.39 is 6.10 Å². The largest absolute Gasteiger partial charge is 0.388 e. The summed E-state index contributed by atoms with van der Waals surface area (Å²) in [4.78, 5) is 10.7. The smallest absolute Gasteiger partial charge is 0.216 e. The van der Waals surface area contributed by atoms with Gasteiger partial charge in [0.1, 0.15) is 0 Å². The van der Waals surface area contributed by atoms with Crippen molar-refractivity contribution >= 4 is 5.91 Å². The normalized spacial score (nSPS) is 12.2. The lowest BCUT2D eigenvalue weighted by atomic mass is 9.94. The minimum Gasteiger partial charge on any atom is -0.388 e. The number of benzene rings is 1. The van der Waals surface area contributed by atoms with Crippen LogP contribution in [0.15, 0.2) is 12.1 Å². The van der Waals surface area contributed by atoms with Crippen molar-refractivity contribution in [1.29, 1.82) is 0 Å². The third kappa shape index (κ3) is 6.27. The Balaban J connectivity index is 2.31. The second-order valence-corrected chi connectivity index (χ2v) is 5.70. The van der Waals surface area contributed by atoms with Crippen LogP contribution in [0.2, 0.25) is 0 Å². The number of aliphatic hydroxyl groups is 1. The van der Waals surface area contributed by atoms with Gasteiger partial charge in [-0.25, -0.2) is 0 Å². The fraction of sp³-hybridized carbons (Fsp3) is 0.588. The Bertz CT molecular complexity index is 449. The molecule has 1 aromatic rings. The van der Waals surface area contributed by atoms with Crippen LogP contribution in [0.4, 0.5) is 0 Å². The molecule has 0 saturated carbocycles. The van der Waals surface area contributed by atoms with Crippen molar-refractivity contribution in [2.24, 2.45) is 0 Å². The second kappa shape index (κ2) is 8.80. The lowest BCUT2D eigenvalue weighted by Crippen LogP contribution is -2.26. The highest BCUT2D eigenvalue weighted by Crippen LogP contribution is 2.25. The zero-order valence-electron chi connectivity index (χ0n) is 13.6. The molecule has 0 aliphatic heterocycles. The van der Waals surface area contributed by atoms with Gasteiger partial charge in [0.05, 0.1) is 6.10 Å². The van der Waals surface area contributed by atoms with E-state index in [2.05, 4.69) is 43.5 Å². The summed E-state index contributed by atoms with van der Waals surface area (Å²) in [6, 6.07) is 4.23. The molecule has 0 saturated heterocycles. The predicted octanol–water partition coefficient (Wildman–Crippen LogP) is 2.15. The summed E-state index contributed by atoms with van der Waals surface area (Å²) in [5.41, 5.74) is 4.61. The third-order valence-electron chi connectivity index (χ3n) is 3.57. The highest BCUT2D eigenvalue weighted by atomic mass is 16.3. The molecule has 4 heteroatoms. The van der Waals surface area contributed by atoms with E-state index in [1.165, 1.54) is 12.5 Å². The Morgan fingerprint density at radius 2 is 1.76 bits per heavy atom. The molecule has 21 heavy (non-hydrogen) atoms. The Morgan fingerprint density at radius 3 is 2.33 bits per heavy atom. The van der Waals surface area contributed by atoms with Gasteiger partial charge in [-0.1, -0.05) is 17.7 Å². The van der Waals surface area contributed by atoms with Crippen LogP contribution in [-0.2, 0) is 4.79 Å². The molecule has 1 amide bonds. The molecule has 0 aromatic heterocycles. The molecule has 0 spiro atoms. The van der Waals surface area contributed by atoms with Crippen LogP contribution in [0.25, 0.3) is 0 Å².